The third-order valence-corrected chi connectivity index (χ3v) is 6.47. The molecule has 0 aliphatic rings. The van der Waals surface area contributed by atoms with Crippen molar-refractivity contribution in [3.05, 3.63) is 36.5 Å². The topological polar surface area (TPSA) is 408 Å². The van der Waals surface area contributed by atoms with Crippen LogP contribution in [0, 0.1) is 28.6 Å². The molecule has 0 rings (SSSR count). The number of esters is 5. The Balaban J connectivity index is -0.0000000623. The third kappa shape index (κ3) is 71.7. The summed E-state index contributed by atoms with van der Waals surface area (Å²) in [6.45, 7) is 32.1. The van der Waals surface area contributed by atoms with Gasteiger partial charge >= 0.3 is 201 Å². The first-order valence-corrected chi connectivity index (χ1v) is 21.5. The molecule has 66 heavy (non-hydrogen) atoms. The molecule has 0 fully saturated rings. The molecule has 1 atom stereocenters. The Morgan fingerprint density at radius 1 is 0.485 bits per heavy atom. The first-order valence-electron chi connectivity index (χ1n) is 17.1. The van der Waals surface area contributed by atoms with Gasteiger partial charge in [0.25, 0.3) is 0 Å². The minimum atomic E-state index is -3.37. The molecule has 0 bridgehead atoms. The van der Waals surface area contributed by atoms with E-state index in [2.05, 4.69) is 19.7 Å². The molecule has 0 aromatic heterocycles. The van der Waals surface area contributed by atoms with Gasteiger partial charge in [0.05, 0.1) is 23.9 Å². The van der Waals surface area contributed by atoms with Crippen molar-refractivity contribution in [1.29, 1.82) is 0 Å². The van der Waals surface area contributed by atoms with Gasteiger partial charge in [0.1, 0.15) is 25.9 Å². The van der Waals surface area contributed by atoms with E-state index in [0.29, 0.717) is 6.42 Å². The Morgan fingerprint density at radius 3 is 0.879 bits per heavy atom. The quantitative estimate of drug-likeness (QED) is 0.0430. The fourth-order valence-electron chi connectivity index (χ4n) is 3.42. The molecule has 0 saturated carbocycles. The van der Waals surface area contributed by atoms with Crippen LogP contribution in [-0.2, 0) is 106 Å². The molecule has 0 heterocycles. The molecule has 356 valence electrons. The Hall–Kier alpha value is 3.46. The molecule has 0 spiro atoms. The molecule has 32 heteroatoms. The van der Waals surface area contributed by atoms with Crippen LogP contribution < -0.4 is 58.7 Å². The van der Waals surface area contributed by atoms with Crippen molar-refractivity contribution in [1.82, 2.24) is 0 Å². The van der Waals surface area contributed by atoms with Gasteiger partial charge in [0, 0.05) is 22.1 Å². The van der Waals surface area contributed by atoms with Gasteiger partial charge in [-0.3, -0.25) is 9.59 Å². The van der Waals surface area contributed by atoms with Crippen LogP contribution in [0.2, 0.25) is 0 Å². The average molecular weight is 1260 g/mol. The van der Waals surface area contributed by atoms with Gasteiger partial charge in [-0.15, -0.1) is 0 Å². The number of ether oxygens (including phenoxy) is 5. The summed E-state index contributed by atoms with van der Waals surface area (Å²) in [4.78, 5) is 160. The van der Waals surface area contributed by atoms with E-state index in [0.717, 1.165) is 0 Å². The largest absolute Gasteiger partial charge is 2.00 e. The van der Waals surface area contributed by atoms with E-state index in [4.69, 9.17) is 82.4 Å². The Kier molecular flexibility index (Phi) is 86.2. The number of hydrogen-bond acceptors (Lipinski definition) is 22. The van der Waals surface area contributed by atoms with Crippen molar-refractivity contribution < 1.29 is 165 Å². The molecule has 0 aliphatic carbocycles. The van der Waals surface area contributed by atoms with E-state index < -0.39 is 63.1 Å². The van der Waals surface area contributed by atoms with Crippen LogP contribution >= 0.6 is 34.4 Å². The number of carbonyl (C=O) groups is 5. The van der Waals surface area contributed by atoms with E-state index in [1.165, 1.54) is 20.8 Å². The molecule has 0 radical (unpaired) electrons. The maximum atomic E-state index is 11.8. The second-order valence-electron chi connectivity index (χ2n) is 13.8. The van der Waals surface area contributed by atoms with Crippen molar-refractivity contribution in [3.8, 4) is 0 Å². The van der Waals surface area contributed by atoms with Gasteiger partial charge in [-0.05, 0) is 33.1 Å². The molecule has 1 unspecified atom stereocenters. The summed E-state index contributed by atoms with van der Waals surface area (Å²) in [5.41, 5.74) is -0.529. The zero-order valence-electron chi connectivity index (χ0n) is 40.0. The fourth-order valence-corrected chi connectivity index (χ4v) is 3.42. The first-order chi connectivity index (χ1) is 27.0. The van der Waals surface area contributed by atoms with Crippen molar-refractivity contribution in [2.24, 2.45) is 28.6 Å². The molecular weight excluding hydrogens is 1200 g/mol. The number of hydrogen-bond donors (Lipinski definition) is 0. The number of carbonyl (C=O) groups excluding carboxylic acids is 5. The maximum Gasteiger partial charge on any atom is 2.00 e. The molecule has 22 nitrogen and oxygen atoms in total. The zero-order chi connectivity index (χ0) is 49.3. The predicted octanol–water partition coefficient (Wildman–Crippen LogP) is -5.80. The van der Waals surface area contributed by atoms with Crippen molar-refractivity contribution in [3.63, 3.8) is 0 Å². The average Bonchev–Trinajstić information content (AvgIpc) is 3.07. The summed E-state index contributed by atoms with van der Waals surface area (Å²) >= 11 is 0. The second kappa shape index (κ2) is 57.7. The predicted molar refractivity (Wildman–Crippen MR) is 214 cm³/mol. The fraction of sp³-hybridized carbons (Fsp3) is 0.676. The zero-order valence-corrected chi connectivity index (χ0v) is 59.1. The summed E-state index contributed by atoms with van der Waals surface area (Å²) in [7, 11) is -13.5. The van der Waals surface area contributed by atoms with E-state index in [1.807, 2.05) is 48.5 Å². The van der Waals surface area contributed by atoms with Gasteiger partial charge < -0.3 is 117 Å². The first kappa shape index (κ1) is 98.6. The van der Waals surface area contributed by atoms with E-state index >= 15 is 0 Å². The van der Waals surface area contributed by atoms with Crippen LogP contribution in [0.5, 0.6) is 0 Å². The van der Waals surface area contributed by atoms with Crippen LogP contribution in [0.15, 0.2) is 36.5 Å². The molecule has 0 N–H and O–H groups in total. The maximum absolute atomic E-state index is 11.8. The van der Waals surface area contributed by atoms with Crippen molar-refractivity contribution in [2.75, 3.05) is 26.4 Å². The molecule has 0 aromatic rings. The van der Waals surface area contributed by atoms with Crippen LogP contribution in [-0.4, -0.2) is 176 Å². The van der Waals surface area contributed by atoms with Gasteiger partial charge in [0.15, 0.2) is 0 Å². The van der Waals surface area contributed by atoms with Gasteiger partial charge in [-0.25, -0.2) is 14.4 Å². The molecule has 0 amide bonds. The SMILES string of the molecule is C=C(C)C(=O)OCC(CC)(COC(=O)C(=C)C)COC(=O)C(=C)C.CC(C)C(=O)OCC(C)(C)C(OC(=O)C(C)C)C(C)C.[Ca+2].[Ca+2].[Ca+2].[O-]P([O-])[O-].[O-]P([O-])[O-].[O-]P([O-])[O-].[O-]P([O-])[O-].[Zn+2].[Zn+2].[Zn+2]. The van der Waals surface area contributed by atoms with E-state index in [9.17, 15) is 24.0 Å². The van der Waals surface area contributed by atoms with E-state index in [1.54, 1.807) is 13.8 Å². The summed E-state index contributed by atoms with van der Waals surface area (Å²) < 4.78 is 26.5. The standard InChI is InChI=1S/C18H26O6.C16H30O4.3Ca.4O3P.3Zn/c1-8-18(9-22-15(19)12(2)3,10-23-16(20)13(4)5)11-24-17(21)14(6)7;1-10(2)13(20-15(18)12(5)6)16(7,8)9-19-14(17)11(3)4;;;;4*1-4(2)3;;;/h2,4,6,8-11H2,1,3,5,7H3;10-13H,9H2,1-8H3;;;;;;;;;;/q;;3*+2;4*-3;3*+2. The summed E-state index contributed by atoms with van der Waals surface area (Å²) in [6, 6.07) is 0. The van der Waals surface area contributed by atoms with Gasteiger partial charge in [0.2, 0.25) is 0 Å². The second-order valence-corrected chi connectivity index (χ2v) is 15.6. The van der Waals surface area contributed by atoms with Crippen molar-refractivity contribution >= 4 is 177 Å². The van der Waals surface area contributed by atoms with Gasteiger partial charge in [-0.2, -0.15) is 0 Å². The normalized spacial score (nSPS) is 10.2. The minimum absolute atomic E-state index is 0. The Labute approximate surface area is 522 Å². The van der Waals surface area contributed by atoms with Crippen LogP contribution in [0.1, 0.15) is 89.5 Å². The smallest absolute Gasteiger partial charge is 0.854 e. The summed E-state index contributed by atoms with van der Waals surface area (Å²) in [5, 5.41) is 0. The van der Waals surface area contributed by atoms with E-state index in [-0.39, 0.29) is 251 Å². The Bertz CT molecular complexity index is 1180. The third-order valence-electron chi connectivity index (χ3n) is 6.47. The summed E-state index contributed by atoms with van der Waals surface area (Å²) in [5.74, 6) is -2.29. The van der Waals surface area contributed by atoms with Gasteiger partial charge in [-0.1, -0.05) is 82.1 Å². The van der Waals surface area contributed by atoms with Crippen LogP contribution in [0.25, 0.3) is 0 Å². The molecular formula is C34H56Ca3O22P4Zn3. The minimum Gasteiger partial charge on any atom is -0.854 e. The van der Waals surface area contributed by atoms with Crippen LogP contribution in [0.4, 0.5) is 0 Å². The molecule has 0 aromatic carbocycles. The summed E-state index contributed by atoms with van der Waals surface area (Å²) in [6.07, 6.45) is 0.168. The number of rotatable bonds is 17. The monoisotopic (exact) mass is 1250 g/mol. The van der Waals surface area contributed by atoms with Crippen molar-refractivity contribution in [2.45, 2.75) is 95.6 Å². The Morgan fingerprint density at radius 2 is 0.712 bits per heavy atom. The van der Waals surface area contributed by atoms with Crippen LogP contribution in [0.3, 0.4) is 0 Å². The molecule has 0 saturated heterocycles. The molecule has 0 aliphatic heterocycles.